The van der Waals surface area contributed by atoms with Crippen molar-refractivity contribution in [1.82, 2.24) is 0 Å². The number of rotatable bonds is 13. The number of hydrogen-bond acceptors (Lipinski definition) is 27. The van der Waals surface area contributed by atoms with Gasteiger partial charge in [-0.1, -0.05) is 52.7 Å². The molecule has 0 unspecified atom stereocenters. The maximum Gasteiger partial charge on any atom is 0.311 e. The number of carbonyl (C=O) groups is 1. The maximum atomic E-state index is 12.8. The van der Waals surface area contributed by atoms with E-state index in [0.717, 1.165) is 38.5 Å². The van der Waals surface area contributed by atoms with Crippen LogP contribution in [-0.2, 0) is 61.6 Å². The van der Waals surface area contributed by atoms with Gasteiger partial charge in [0.2, 0.25) is 5.79 Å². The van der Waals surface area contributed by atoms with Gasteiger partial charge in [0.1, 0.15) is 104 Å². The van der Waals surface area contributed by atoms with Crippen LogP contribution in [-0.4, -0.2) is 269 Å². The smallest absolute Gasteiger partial charge is 0.311 e. The molecule has 2 spiro atoms. The van der Waals surface area contributed by atoms with Crippen LogP contribution < -0.4 is 0 Å². The predicted molar refractivity (Wildman–Crippen MR) is 283 cm³/mol. The fourth-order valence-corrected chi connectivity index (χ4v) is 17.6. The van der Waals surface area contributed by atoms with Crippen molar-refractivity contribution < 1.29 is 133 Å². The Morgan fingerprint density at radius 2 is 1.18 bits per heavy atom. The van der Waals surface area contributed by atoms with Gasteiger partial charge in [0.05, 0.1) is 56.8 Å². The molecule has 0 amide bonds. The molecular weight excluding hydrogens is 1130 g/mol. The Hall–Kier alpha value is -1.79. The average molecular weight is 1220 g/mol. The molecule has 11 aliphatic rings. The molecule has 11 rings (SSSR count). The lowest BCUT2D eigenvalue weighted by Crippen LogP contribution is -2.67. The molecule has 0 aromatic carbocycles. The Morgan fingerprint density at radius 1 is 0.553 bits per heavy atom. The van der Waals surface area contributed by atoms with Crippen LogP contribution in [0.15, 0.2) is 11.1 Å². The minimum absolute atomic E-state index is 0.0824. The van der Waals surface area contributed by atoms with Gasteiger partial charge in [-0.25, -0.2) is 0 Å². The van der Waals surface area contributed by atoms with E-state index in [1.165, 1.54) is 18.1 Å². The molecule has 7 aliphatic heterocycles. The third-order valence-electron chi connectivity index (χ3n) is 22.8. The fourth-order valence-electron chi connectivity index (χ4n) is 17.6. The van der Waals surface area contributed by atoms with E-state index in [2.05, 4.69) is 27.7 Å². The monoisotopic (exact) mass is 1220 g/mol. The van der Waals surface area contributed by atoms with Crippen LogP contribution in [0, 0.1) is 39.4 Å². The van der Waals surface area contributed by atoms with E-state index >= 15 is 0 Å². The molecule has 7 saturated heterocycles. The van der Waals surface area contributed by atoms with E-state index in [-0.39, 0.29) is 46.6 Å². The number of ether oxygens (including phenoxy) is 12. The van der Waals surface area contributed by atoms with Crippen LogP contribution in [0.4, 0.5) is 0 Å². The first-order chi connectivity index (χ1) is 40.0. The van der Waals surface area contributed by atoms with Crippen molar-refractivity contribution in [2.45, 2.75) is 271 Å². The van der Waals surface area contributed by atoms with Crippen molar-refractivity contribution in [3.05, 3.63) is 11.1 Å². The van der Waals surface area contributed by atoms with E-state index in [4.69, 9.17) is 56.8 Å². The summed E-state index contributed by atoms with van der Waals surface area (Å²) in [6.45, 7) is 11.6. The number of esters is 1. The quantitative estimate of drug-likeness (QED) is 0.0644. The molecule has 85 heavy (non-hydrogen) atoms. The van der Waals surface area contributed by atoms with Crippen molar-refractivity contribution >= 4 is 5.97 Å². The number of aliphatic hydroxyl groups is 14. The molecule has 0 aromatic heterocycles. The molecule has 0 radical (unpaired) electrons. The summed E-state index contributed by atoms with van der Waals surface area (Å²) in [5, 5.41) is 154. The summed E-state index contributed by atoms with van der Waals surface area (Å²) in [6, 6.07) is 0. The van der Waals surface area contributed by atoms with Gasteiger partial charge >= 0.3 is 5.97 Å². The lowest BCUT2D eigenvalue weighted by atomic mass is 9.42. The molecule has 7 heterocycles. The van der Waals surface area contributed by atoms with Crippen LogP contribution in [0.5, 0.6) is 0 Å². The molecule has 0 bridgehead atoms. The zero-order valence-electron chi connectivity index (χ0n) is 49.3. The second-order valence-electron chi connectivity index (χ2n) is 27.5. The van der Waals surface area contributed by atoms with Crippen LogP contribution in [0.2, 0.25) is 0 Å². The van der Waals surface area contributed by atoms with E-state index in [1.807, 2.05) is 13.8 Å². The SMILES string of the molecule is C[C@@H]1C[C@]2(C[C@@H](C)[C@@]3(CC[C@]4(C)C5=C(CC[C@@]43C)[C@@]3(C)CC[C@@H](O[C@H]4O[C@@H](CO[C@H]6OC[C@H](O)[C@@H](O)[C@@H]6O[C@H]6O[C@@H](CO)[C@H](O)[C@@H](O[C@H]7OC[C@H](O)[C@@H](O)[C@@H]7O)[C@@H]6O[C@H]6O[C@@H](C)[C@H](O)[C@@H](O)[C@@H]6O)[C@H](O)[C@@H](O)[C@@H]4O)[C@@](C)(CO)[C@@H]3CC5)O2)OC1=O. The largest absolute Gasteiger partial charge is 0.433 e. The maximum absolute atomic E-state index is 12.8. The van der Waals surface area contributed by atoms with Gasteiger partial charge in [-0.3, -0.25) is 4.79 Å². The zero-order chi connectivity index (χ0) is 61.4. The summed E-state index contributed by atoms with van der Waals surface area (Å²) >= 11 is 0. The predicted octanol–water partition coefficient (Wildman–Crippen LogP) is -3.05. The Balaban J connectivity index is 0.797. The van der Waals surface area contributed by atoms with Gasteiger partial charge in [-0.2, -0.15) is 0 Å². The van der Waals surface area contributed by atoms with E-state index in [9.17, 15) is 76.3 Å². The Labute approximate surface area is 492 Å². The lowest BCUT2D eigenvalue weighted by Gasteiger charge is -2.63. The number of allylic oxidation sites excluding steroid dienone is 2. The average Bonchev–Trinajstić information content (AvgIpc) is 1.59. The first-order valence-corrected chi connectivity index (χ1v) is 30.5. The highest BCUT2D eigenvalue weighted by Gasteiger charge is 2.75. The number of aliphatic hydroxyl groups excluding tert-OH is 14. The standard InChI is InChI=1S/C58H92O27/c1-23-16-57(84-47(23)73)17-24(2)58(85-57)15-14-55(6)27-8-9-32-53(4,26(27)10-13-56(55,58)7)12-11-33(54(32,5)22-60)80-50-43(72)40(69)37(66)31(79-50)21-76-51-45(36(65)29(62)20-75-51)82-52-46(83-49-42(71)39(68)34(63)25(3)77-49)44(38(67)30(18-59)78-52)81-48-41(70)35(64)28(61)19-74-48/h23-25,28-46,48-52,59-72H,8-22H2,1-7H3/t23-,24-,25+,28+,29+,30+,31+,32-,33-,34+,35-,36-,37+,38+,39-,40-,41+,42+,43+,44-,45+,46+,48-,49-,50-,51-,52-,53-,54+,55-,56+,57+,58-/m1/s1. The molecule has 9 fully saturated rings. The minimum Gasteiger partial charge on any atom is -0.433 e. The lowest BCUT2D eigenvalue weighted by molar-refractivity contribution is -0.404. The molecule has 486 valence electrons. The molecule has 27 nitrogen and oxygen atoms in total. The van der Waals surface area contributed by atoms with Gasteiger partial charge in [0.25, 0.3) is 0 Å². The normalized spacial score (nSPS) is 56.3. The Morgan fingerprint density at radius 3 is 1.85 bits per heavy atom. The summed E-state index contributed by atoms with van der Waals surface area (Å²) in [6.07, 6.45) is -33.5. The molecule has 27 heteroatoms. The zero-order valence-corrected chi connectivity index (χ0v) is 49.3. The first-order valence-electron chi connectivity index (χ1n) is 30.5. The first kappa shape index (κ1) is 64.7. The Kier molecular flexibility index (Phi) is 18.1. The Bertz CT molecular complexity index is 2430. The van der Waals surface area contributed by atoms with Crippen molar-refractivity contribution in [2.75, 3.05) is 33.0 Å². The van der Waals surface area contributed by atoms with Gasteiger partial charge in [0, 0.05) is 23.7 Å². The van der Waals surface area contributed by atoms with E-state index in [1.54, 1.807) is 0 Å². The third kappa shape index (κ3) is 10.4. The van der Waals surface area contributed by atoms with Gasteiger partial charge < -0.3 is 128 Å². The number of hydrogen-bond donors (Lipinski definition) is 14. The van der Waals surface area contributed by atoms with Crippen molar-refractivity contribution in [1.29, 1.82) is 0 Å². The van der Waals surface area contributed by atoms with Crippen LogP contribution in [0.25, 0.3) is 0 Å². The third-order valence-corrected chi connectivity index (χ3v) is 22.8. The van der Waals surface area contributed by atoms with Crippen LogP contribution >= 0.6 is 0 Å². The molecule has 0 aromatic rings. The summed E-state index contributed by atoms with van der Waals surface area (Å²) in [4.78, 5) is 12.8. The van der Waals surface area contributed by atoms with Gasteiger partial charge in [-0.05, 0) is 81.0 Å². The van der Waals surface area contributed by atoms with Crippen molar-refractivity contribution in [3.8, 4) is 0 Å². The van der Waals surface area contributed by atoms with Crippen molar-refractivity contribution in [3.63, 3.8) is 0 Å². The molecule has 14 N–H and O–H groups in total. The topological polar surface area (TPSA) is 411 Å². The molecule has 2 saturated carbocycles. The van der Waals surface area contributed by atoms with Crippen LogP contribution in [0.1, 0.15) is 113 Å². The molecular formula is C58H92O27. The summed E-state index contributed by atoms with van der Waals surface area (Å²) < 4.78 is 73.5. The van der Waals surface area contributed by atoms with Crippen molar-refractivity contribution in [2.24, 2.45) is 39.4 Å². The minimum atomic E-state index is -1.97. The highest BCUT2D eigenvalue weighted by atomic mass is 16.8. The van der Waals surface area contributed by atoms with Gasteiger partial charge in [0.15, 0.2) is 31.5 Å². The van der Waals surface area contributed by atoms with Gasteiger partial charge in [-0.15, -0.1) is 0 Å². The fraction of sp³-hybridized carbons (Fsp3) is 0.948. The second-order valence-corrected chi connectivity index (χ2v) is 27.5. The van der Waals surface area contributed by atoms with E-state index in [0.29, 0.717) is 25.7 Å². The highest BCUT2D eigenvalue weighted by molar-refractivity contribution is 5.74. The number of carbonyl (C=O) groups excluding carboxylic acids is 1. The van der Waals surface area contributed by atoms with E-state index < -0.39 is 191 Å². The summed E-state index contributed by atoms with van der Waals surface area (Å²) in [5.74, 6) is -1.24. The summed E-state index contributed by atoms with van der Waals surface area (Å²) in [7, 11) is 0. The summed E-state index contributed by atoms with van der Waals surface area (Å²) in [5.41, 5.74) is 0.742. The van der Waals surface area contributed by atoms with Crippen LogP contribution in [0.3, 0.4) is 0 Å². The molecule has 33 atom stereocenters. The molecule has 4 aliphatic carbocycles. The number of fused-ring (bicyclic) bond motifs is 5. The highest BCUT2D eigenvalue weighted by Crippen LogP contribution is 2.76. The second kappa shape index (κ2) is 23.7.